The van der Waals surface area contributed by atoms with Crippen LogP contribution in [0.15, 0.2) is 34.9 Å². The van der Waals surface area contributed by atoms with Crippen LogP contribution in [0, 0.1) is 6.92 Å². The van der Waals surface area contributed by atoms with Crippen molar-refractivity contribution >= 4 is 5.91 Å². The van der Waals surface area contributed by atoms with Gasteiger partial charge in [0.15, 0.2) is 0 Å². The SMILES string of the molecule is CCc1noc(C)c1C(=O)NC[C@]1(c2ccccc2)CC[C@@H](O)[C@H](N2CCOCC2)CC1. The van der Waals surface area contributed by atoms with E-state index in [0.717, 1.165) is 45.6 Å². The van der Waals surface area contributed by atoms with Gasteiger partial charge in [0.1, 0.15) is 11.3 Å². The number of aliphatic hydroxyl groups is 1. The average Bonchev–Trinajstić information content (AvgIpc) is 3.12. The maximum absolute atomic E-state index is 13.1. The van der Waals surface area contributed by atoms with Crippen molar-refractivity contribution in [3.63, 3.8) is 0 Å². The minimum atomic E-state index is -0.374. The van der Waals surface area contributed by atoms with Crippen molar-refractivity contribution in [2.75, 3.05) is 32.8 Å². The second-order valence-electron chi connectivity index (χ2n) is 9.10. The molecule has 4 rings (SSSR count). The Morgan fingerprint density at radius 1 is 1.22 bits per heavy atom. The summed E-state index contributed by atoms with van der Waals surface area (Å²) in [7, 11) is 0. The predicted molar refractivity (Wildman–Crippen MR) is 122 cm³/mol. The van der Waals surface area contributed by atoms with Crippen molar-refractivity contribution in [3.8, 4) is 0 Å². The first-order chi connectivity index (χ1) is 15.5. The zero-order valence-corrected chi connectivity index (χ0v) is 19.2. The molecule has 1 aliphatic heterocycles. The summed E-state index contributed by atoms with van der Waals surface area (Å²) in [5.41, 5.74) is 2.23. The molecule has 1 saturated heterocycles. The lowest BCUT2D eigenvalue weighted by atomic mass is 9.74. The Hall–Kier alpha value is -2.22. The first-order valence-corrected chi connectivity index (χ1v) is 11.8. The monoisotopic (exact) mass is 441 g/mol. The molecule has 2 aliphatic rings. The molecule has 0 radical (unpaired) electrons. The lowest BCUT2D eigenvalue weighted by molar-refractivity contribution is -0.0236. The molecule has 0 spiro atoms. The van der Waals surface area contributed by atoms with E-state index in [1.165, 1.54) is 5.56 Å². The fourth-order valence-corrected chi connectivity index (χ4v) is 5.34. The Morgan fingerprint density at radius 2 is 1.94 bits per heavy atom. The largest absolute Gasteiger partial charge is 0.391 e. The van der Waals surface area contributed by atoms with Gasteiger partial charge in [-0.05, 0) is 44.6 Å². The number of hydrogen-bond acceptors (Lipinski definition) is 6. The van der Waals surface area contributed by atoms with Gasteiger partial charge in [0.05, 0.1) is 25.0 Å². The van der Waals surface area contributed by atoms with E-state index in [0.29, 0.717) is 36.4 Å². The molecule has 1 aliphatic carbocycles. The summed E-state index contributed by atoms with van der Waals surface area (Å²) in [5.74, 6) is 0.419. The number of nitrogens with zero attached hydrogens (tertiary/aromatic N) is 2. The Labute approximate surface area is 190 Å². The van der Waals surface area contributed by atoms with Crippen molar-refractivity contribution in [2.24, 2.45) is 0 Å². The van der Waals surface area contributed by atoms with Gasteiger partial charge in [-0.1, -0.05) is 42.4 Å². The summed E-state index contributed by atoms with van der Waals surface area (Å²) in [6, 6.07) is 10.6. The lowest BCUT2D eigenvalue weighted by Crippen LogP contribution is -2.48. The second-order valence-corrected chi connectivity index (χ2v) is 9.10. The van der Waals surface area contributed by atoms with Crippen LogP contribution in [0.2, 0.25) is 0 Å². The van der Waals surface area contributed by atoms with Gasteiger partial charge in [-0.15, -0.1) is 0 Å². The van der Waals surface area contributed by atoms with E-state index in [-0.39, 0.29) is 23.5 Å². The van der Waals surface area contributed by atoms with Crippen molar-refractivity contribution in [3.05, 3.63) is 52.9 Å². The Balaban J connectivity index is 1.55. The summed E-state index contributed by atoms with van der Waals surface area (Å²) >= 11 is 0. The van der Waals surface area contributed by atoms with Crippen LogP contribution in [0.25, 0.3) is 0 Å². The molecule has 1 amide bonds. The van der Waals surface area contributed by atoms with E-state index in [1.54, 1.807) is 6.92 Å². The highest BCUT2D eigenvalue weighted by Crippen LogP contribution is 2.39. The normalized spacial score (nSPS) is 27.1. The summed E-state index contributed by atoms with van der Waals surface area (Å²) in [4.78, 5) is 15.5. The van der Waals surface area contributed by atoms with Gasteiger partial charge in [-0.2, -0.15) is 0 Å². The number of amides is 1. The van der Waals surface area contributed by atoms with E-state index in [2.05, 4.69) is 39.6 Å². The van der Waals surface area contributed by atoms with Crippen LogP contribution in [0.3, 0.4) is 0 Å². The molecule has 32 heavy (non-hydrogen) atoms. The van der Waals surface area contributed by atoms with Crippen LogP contribution in [-0.2, 0) is 16.6 Å². The molecule has 2 fully saturated rings. The standard InChI is InChI=1S/C25H35N3O4/c1-3-20-23(18(2)32-27-20)24(30)26-17-25(19-7-5-4-6-8-19)11-9-21(22(29)10-12-25)28-13-15-31-16-14-28/h4-8,21-22,29H,3,9-17H2,1-2H3,(H,26,30)/t21-,22-,25-/m1/s1. The van der Waals surface area contributed by atoms with Gasteiger partial charge in [-0.3, -0.25) is 9.69 Å². The average molecular weight is 442 g/mol. The molecular weight excluding hydrogens is 406 g/mol. The number of rotatable bonds is 6. The molecule has 1 aromatic carbocycles. The summed E-state index contributed by atoms with van der Waals surface area (Å²) < 4.78 is 10.8. The third-order valence-electron chi connectivity index (χ3n) is 7.27. The van der Waals surface area contributed by atoms with Crippen molar-refractivity contribution < 1.29 is 19.2 Å². The highest BCUT2D eigenvalue weighted by molar-refractivity contribution is 5.96. The minimum absolute atomic E-state index is 0.132. The fourth-order valence-electron chi connectivity index (χ4n) is 5.34. The van der Waals surface area contributed by atoms with E-state index >= 15 is 0 Å². The highest BCUT2D eigenvalue weighted by atomic mass is 16.5. The number of aromatic nitrogens is 1. The summed E-state index contributed by atoms with van der Waals surface area (Å²) in [5, 5.41) is 18.2. The molecule has 2 heterocycles. The number of benzene rings is 1. The molecular formula is C25H35N3O4. The molecule has 3 atom stereocenters. The smallest absolute Gasteiger partial charge is 0.256 e. The molecule has 1 aromatic heterocycles. The molecule has 1 saturated carbocycles. The van der Waals surface area contributed by atoms with Gasteiger partial charge in [0.25, 0.3) is 5.91 Å². The number of nitrogens with one attached hydrogen (secondary N) is 1. The first kappa shape index (κ1) is 23.0. The molecule has 7 nitrogen and oxygen atoms in total. The number of carbonyl (C=O) groups excluding carboxylic acids is 1. The number of carbonyl (C=O) groups is 1. The number of morpholine rings is 1. The van der Waals surface area contributed by atoms with Crippen LogP contribution in [-0.4, -0.2) is 66.1 Å². The predicted octanol–water partition coefficient (Wildman–Crippen LogP) is 2.85. The number of ether oxygens (including phenoxy) is 1. The lowest BCUT2D eigenvalue weighted by Gasteiger charge is -2.37. The molecule has 0 unspecified atom stereocenters. The third-order valence-corrected chi connectivity index (χ3v) is 7.27. The molecule has 7 heteroatoms. The maximum Gasteiger partial charge on any atom is 0.256 e. The zero-order valence-electron chi connectivity index (χ0n) is 19.2. The minimum Gasteiger partial charge on any atom is -0.391 e. The van der Waals surface area contributed by atoms with Crippen molar-refractivity contribution in [2.45, 2.75) is 63.5 Å². The van der Waals surface area contributed by atoms with Crippen LogP contribution in [0.1, 0.15) is 60.0 Å². The topological polar surface area (TPSA) is 87.8 Å². The third kappa shape index (κ3) is 4.75. The molecule has 174 valence electrons. The van der Waals surface area contributed by atoms with E-state index < -0.39 is 0 Å². The zero-order chi connectivity index (χ0) is 22.6. The van der Waals surface area contributed by atoms with E-state index in [9.17, 15) is 9.90 Å². The molecule has 2 N–H and O–H groups in total. The van der Waals surface area contributed by atoms with E-state index in [1.807, 2.05) is 13.0 Å². The molecule has 0 bridgehead atoms. The quantitative estimate of drug-likeness (QED) is 0.671. The number of hydrogen-bond donors (Lipinski definition) is 2. The Bertz CT molecular complexity index is 894. The van der Waals surface area contributed by atoms with Gasteiger partial charge >= 0.3 is 0 Å². The van der Waals surface area contributed by atoms with Gasteiger partial charge in [0.2, 0.25) is 0 Å². The van der Waals surface area contributed by atoms with Crippen molar-refractivity contribution in [1.29, 1.82) is 0 Å². The first-order valence-electron chi connectivity index (χ1n) is 11.8. The number of aliphatic hydroxyl groups excluding tert-OH is 1. The summed E-state index contributed by atoms with van der Waals surface area (Å²) in [6.45, 7) is 7.45. The van der Waals surface area contributed by atoms with Gasteiger partial charge < -0.3 is 19.7 Å². The second kappa shape index (κ2) is 10.1. The fraction of sp³-hybridized carbons (Fsp3) is 0.600. The molecule has 2 aromatic rings. The maximum atomic E-state index is 13.1. The summed E-state index contributed by atoms with van der Waals surface area (Å²) in [6.07, 6.45) is 3.60. The van der Waals surface area contributed by atoms with Crippen LogP contribution in [0.4, 0.5) is 0 Å². The van der Waals surface area contributed by atoms with Gasteiger partial charge in [0, 0.05) is 31.1 Å². The van der Waals surface area contributed by atoms with Crippen LogP contribution >= 0.6 is 0 Å². The van der Waals surface area contributed by atoms with Gasteiger partial charge in [-0.25, -0.2) is 0 Å². The Kier molecular flexibility index (Phi) is 7.28. The number of aryl methyl sites for hydroxylation is 2. The van der Waals surface area contributed by atoms with Crippen LogP contribution in [0.5, 0.6) is 0 Å². The van der Waals surface area contributed by atoms with E-state index in [4.69, 9.17) is 9.26 Å². The van der Waals surface area contributed by atoms with Crippen molar-refractivity contribution in [1.82, 2.24) is 15.4 Å². The highest BCUT2D eigenvalue weighted by Gasteiger charge is 2.40. The Morgan fingerprint density at radius 3 is 2.66 bits per heavy atom. The van der Waals surface area contributed by atoms with Crippen LogP contribution < -0.4 is 5.32 Å².